The molecule has 172 valence electrons. The molecule has 1 fully saturated rings. The molecule has 1 N–H and O–H groups in total. The predicted octanol–water partition coefficient (Wildman–Crippen LogP) is 5.86. The largest absolute Gasteiger partial charge is 0.493 e. The fraction of sp³-hybridized carbons (Fsp3) is 0.417. The summed E-state index contributed by atoms with van der Waals surface area (Å²) >= 11 is 12.5. The van der Waals surface area contributed by atoms with Crippen molar-refractivity contribution in [1.29, 1.82) is 0 Å². The number of nitrogens with one attached hydrogen (secondary N) is 1. The lowest BCUT2D eigenvalue weighted by atomic mass is 10.0. The molecular formula is C24H29Cl2N3O3. The number of anilines is 1. The molecule has 2 aromatic rings. The first-order valence-electron chi connectivity index (χ1n) is 10.8. The van der Waals surface area contributed by atoms with Crippen LogP contribution in [0.3, 0.4) is 0 Å². The molecule has 1 saturated heterocycles. The highest BCUT2D eigenvalue weighted by atomic mass is 35.5. The van der Waals surface area contributed by atoms with Crippen LogP contribution in [0.2, 0.25) is 10.0 Å². The molecule has 1 heterocycles. The molecule has 32 heavy (non-hydrogen) atoms. The smallest absolute Gasteiger partial charge is 0.248 e. The summed E-state index contributed by atoms with van der Waals surface area (Å²) in [5.74, 6) is 1.49. The Hall–Kier alpha value is -2.44. The van der Waals surface area contributed by atoms with E-state index in [1.807, 2.05) is 0 Å². The molecule has 6 nitrogen and oxygen atoms in total. The first-order chi connectivity index (χ1) is 15.4. The molecule has 0 aliphatic carbocycles. The first-order valence-corrected chi connectivity index (χ1v) is 11.5. The van der Waals surface area contributed by atoms with E-state index in [1.54, 1.807) is 54.7 Å². The van der Waals surface area contributed by atoms with Crippen molar-refractivity contribution in [3.05, 3.63) is 52.0 Å². The molecule has 3 rings (SSSR count). The van der Waals surface area contributed by atoms with Crippen molar-refractivity contribution in [3.63, 3.8) is 0 Å². The second-order valence-electron chi connectivity index (χ2n) is 8.11. The molecule has 0 radical (unpaired) electrons. The Labute approximate surface area is 199 Å². The number of hydrogen-bond donors (Lipinski definition) is 1. The SMILES string of the molecule is COc1ccc(NC(=O)[C@@H]2CCCCN2/N=C\c2c(Cl)cccc2Cl)cc1OCC(C)C. The van der Waals surface area contributed by atoms with Gasteiger partial charge < -0.3 is 14.8 Å². The van der Waals surface area contributed by atoms with Gasteiger partial charge in [-0.05, 0) is 49.4 Å². The van der Waals surface area contributed by atoms with Gasteiger partial charge in [-0.2, -0.15) is 5.10 Å². The number of nitrogens with zero attached hydrogens (tertiary/aromatic N) is 2. The van der Waals surface area contributed by atoms with Crippen LogP contribution in [0, 0.1) is 5.92 Å². The Morgan fingerprint density at radius 2 is 1.97 bits per heavy atom. The van der Waals surface area contributed by atoms with E-state index in [-0.39, 0.29) is 11.9 Å². The van der Waals surface area contributed by atoms with Gasteiger partial charge >= 0.3 is 0 Å². The zero-order valence-corrected chi connectivity index (χ0v) is 20.1. The molecule has 0 spiro atoms. The third kappa shape index (κ3) is 6.30. The minimum atomic E-state index is -0.386. The number of piperidine rings is 1. The van der Waals surface area contributed by atoms with Crippen molar-refractivity contribution < 1.29 is 14.3 Å². The van der Waals surface area contributed by atoms with Crippen LogP contribution in [0.4, 0.5) is 5.69 Å². The predicted molar refractivity (Wildman–Crippen MR) is 130 cm³/mol. The molecule has 1 amide bonds. The Balaban J connectivity index is 1.74. The quantitative estimate of drug-likeness (QED) is 0.483. The van der Waals surface area contributed by atoms with Gasteiger partial charge in [0.2, 0.25) is 5.91 Å². The first kappa shape index (κ1) is 24.2. The van der Waals surface area contributed by atoms with Crippen molar-refractivity contribution in [2.75, 3.05) is 25.6 Å². The highest BCUT2D eigenvalue weighted by Gasteiger charge is 2.28. The van der Waals surface area contributed by atoms with Crippen LogP contribution < -0.4 is 14.8 Å². The normalized spacial score (nSPS) is 16.4. The van der Waals surface area contributed by atoms with Crippen LogP contribution in [-0.2, 0) is 4.79 Å². The number of halogens is 2. The van der Waals surface area contributed by atoms with Crippen molar-refractivity contribution in [2.24, 2.45) is 11.0 Å². The van der Waals surface area contributed by atoms with Crippen LogP contribution >= 0.6 is 23.2 Å². The number of carbonyl (C=O) groups is 1. The number of carbonyl (C=O) groups excluding carboxylic acids is 1. The topological polar surface area (TPSA) is 63.2 Å². The summed E-state index contributed by atoms with van der Waals surface area (Å²) in [5, 5.41) is 10.4. The molecule has 1 aliphatic heterocycles. The van der Waals surface area contributed by atoms with Crippen LogP contribution in [-0.4, -0.2) is 43.4 Å². The van der Waals surface area contributed by atoms with Crippen LogP contribution in [0.25, 0.3) is 0 Å². The third-order valence-corrected chi connectivity index (χ3v) is 5.77. The lowest BCUT2D eigenvalue weighted by Gasteiger charge is -2.32. The maximum atomic E-state index is 13.1. The van der Waals surface area contributed by atoms with Crippen molar-refractivity contribution in [2.45, 2.75) is 39.2 Å². The second-order valence-corrected chi connectivity index (χ2v) is 8.93. The molecule has 2 aromatic carbocycles. The third-order valence-electron chi connectivity index (χ3n) is 5.12. The summed E-state index contributed by atoms with van der Waals surface area (Å²) in [6, 6.07) is 10.3. The average molecular weight is 478 g/mol. The van der Waals surface area contributed by atoms with Gasteiger partial charge in [-0.1, -0.05) is 43.1 Å². The van der Waals surface area contributed by atoms with Gasteiger partial charge in [0.05, 0.1) is 30.0 Å². The van der Waals surface area contributed by atoms with Gasteiger partial charge in [-0.3, -0.25) is 9.80 Å². The summed E-state index contributed by atoms with van der Waals surface area (Å²) in [4.78, 5) is 13.1. The molecule has 1 atom stereocenters. The van der Waals surface area contributed by atoms with Gasteiger partial charge in [-0.15, -0.1) is 0 Å². The van der Waals surface area contributed by atoms with Crippen LogP contribution in [0.1, 0.15) is 38.7 Å². The summed E-state index contributed by atoms with van der Waals surface area (Å²) in [7, 11) is 1.60. The summed E-state index contributed by atoms with van der Waals surface area (Å²) in [6.45, 7) is 5.39. The lowest BCUT2D eigenvalue weighted by Crippen LogP contribution is -2.44. The highest BCUT2D eigenvalue weighted by Crippen LogP contribution is 2.31. The molecule has 0 unspecified atom stereocenters. The van der Waals surface area contributed by atoms with Crippen molar-refractivity contribution >= 4 is 41.0 Å². The lowest BCUT2D eigenvalue weighted by molar-refractivity contribution is -0.122. The van der Waals surface area contributed by atoms with Crippen molar-refractivity contribution in [1.82, 2.24) is 5.01 Å². The van der Waals surface area contributed by atoms with E-state index >= 15 is 0 Å². The van der Waals surface area contributed by atoms with E-state index < -0.39 is 0 Å². The summed E-state index contributed by atoms with van der Waals surface area (Å²) in [6.07, 6.45) is 4.27. The van der Waals surface area contributed by atoms with E-state index in [0.29, 0.717) is 58.3 Å². The number of hydrogen-bond acceptors (Lipinski definition) is 5. The summed E-state index contributed by atoms with van der Waals surface area (Å²) < 4.78 is 11.2. The maximum absolute atomic E-state index is 13.1. The summed E-state index contributed by atoms with van der Waals surface area (Å²) in [5.41, 5.74) is 1.29. The van der Waals surface area contributed by atoms with Crippen LogP contribution in [0.5, 0.6) is 11.5 Å². The number of amides is 1. The molecule has 1 aliphatic rings. The second kappa shape index (κ2) is 11.4. The number of benzene rings is 2. The van der Waals surface area contributed by atoms with Gasteiger partial charge in [0.15, 0.2) is 11.5 Å². The van der Waals surface area contributed by atoms with E-state index in [1.165, 1.54) is 0 Å². The van der Waals surface area contributed by atoms with E-state index in [0.717, 1.165) is 12.8 Å². The van der Waals surface area contributed by atoms with Gasteiger partial charge in [0, 0.05) is 23.9 Å². The van der Waals surface area contributed by atoms with E-state index in [2.05, 4.69) is 24.3 Å². The maximum Gasteiger partial charge on any atom is 0.248 e. The molecule has 8 heteroatoms. The van der Waals surface area contributed by atoms with Gasteiger partial charge in [0.1, 0.15) is 6.04 Å². The minimum absolute atomic E-state index is 0.118. The Morgan fingerprint density at radius 3 is 2.66 bits per heavy atom. The fourth-order valence-electron chi connectivity index (χ4n) is 3.44. The number of hydrazone groups is 1. The van der Waals surface area contributed by atoms with E-state index in [9.17, 15) is 4.79 Å². The van der Waals surface area contributed by atoms with Crippen LogP contribution in [0.15, 0.2) is 41.5 Å². The standard InChI is InChI=1S/C24H29Cl2N3O3/c1-16(2)15-32-23-13-17(10-11-22(23)31-3)28-24(30)21-9-4-5-12-29(21)27-14-18-19(25)7-6-8-20(18)26/h6-8,10-11,13-14,16,21H,4-5,9,12,15H2,1-3H3,(H,28,30)/b27-14-/t21-/m0/s1. The fourth-order valence-corrected chi connectivity index (χ4v) is 3.93. The molecular weight excluding hydrogens is 449 g/mol. The highest BCUT2D eigenvalue weighted by molar-refractivity contribution is 6.38. The number of methoxy groups -OCH3 is 1. The Bertz CT molecular complexity index is 945. The van der Waals surface area contributed by atoms with Crippen molar-refractivity contribution in [3.8, 4) is 11.5 Å². The Kier molecular flexibility index (Phi) is 8.65. The van der Waals surface area contributed by atoms with Gasteiger partial charge in [0.25, 0.3) is 0 Å². The Morgan fingerprint density at radius 1 is 1.22 bits per heavy atom. The molecule has 0 aromatic heterocycles. The number of rotatable bonds is 8. The minimum Gasteiger partial charge on any atom is -0.493 e. The molecule has 0 bridgehead atoms. The number of ether oxygens (including phenoxy) is 2. The molecule has 0 saturated carbocycles. The van der Waals surface area contributed by atoms with Gasteiger partial charge in [-0.25, -0.2) is 0 Å². The zero-order chi connectivity index (χ0) is 23.1. The monoisotopic (exact) mass is 477 g/mol. The average Bonchev–Trinajstić information content (AvgIpc) is 2.77. The zero-order valence-electron chi connectivity index (χ0n) is 18.6. The van der Waals surface area contributed by atoms with E-state index in [4.69, 9.17) is 32.7 Å².